The van der Waals surface area contributed by atoms with Gasteiger partial charge in [-0.05, 0) is 13.0 Å². The van der Waals surface area contributed by atoms with Gasteiger partial charge in [-0.25, -0.2) is 0 Å². The van der Waals surface area contributed by atoms with Gasteiger partial charge in [0.15, 0.2) is 24.6 Å². The van der Waals surface area contributed by atoms with Gasteiger partial charge in [-0.15, -0.1) is 0 Å². The molecule has 0 spiro atoms. The summed E-state index contributed by atoms with van der Waals surface area (Å²) in [5.41, 5.74) is 0.289. The smallest absolute Gasteiger partial charge is 0.304 e. The Balaban J connectivity index is 2.57. The Hall–Kier alpha value is -3.54. The lowest BCUT2D eigenvalue weighted by Crippen LogP contribution is -2.65. The fraction of sp³-hybridized carbons (Fsp3) is 0.545. The van der Waals surface area contributed by atoms with Crippen LogP contribution in [0.3, 0.4) is 0 Å². The van der Waals surface area contributed by atoms with Crippen LogP contribution in [0.4, 0.5) is 0 Å². The number of aromatic nitrogens is 1. The van der Waals surface area contributed by atoms with Gasteiger partial charge in [0, 0.05) is 40.3 Å². The maximum absolute atomic E-state index is 12.3. The molecule has 0 unspecified atom stereocenters. The molecule has 0 saturated carbocycles. The molecule has 12 heteroatoms. The molecule has 0 aliphatic carbocycles. The van der Waals surface area contributed by atoms with E-state index < -0.39 is 54.5 Å². The normalized spacial score (nSPS) is 23.9. The number of rotatable bonds is 8. The first-order valence-corrected chi connectivity index (χ1v) is 10.6. The minimum absolute atomic E-state index is 0.289. The van der Waals surface area contributed by atoms with Crippen LogP contribution in [0.5, 0.6) is 0 Å². The van der Waals surface area contributed by atoms with Crippen LogP contribution in [0, 0.1) is 0 Å². The first kappa shape index (κ1) is 26.7. The van der Waals surface area contributed by atoms with E-state index in [4.69, 9.17) is 23.7 Å². The van der Waals surface area contributed by atoms with E-state index in [1.165, 1.54) is 17.7 Å². The van der Waals surface area contributed by atoms with E-state index in [0.717, 1.165) is 20.8 Å². The summed E-state index contributed by atoms with van der Waals surface area (Å²) in [7, 11) is 0. The number of nitrogens with one attached hydrogen (secondary N) is 1. The van der Waals surface area contributed by atoms with Crippen LogP contribution in [0.2, 0.25) is 0 Å². The fourth-order valence-electron chi connectivity index (χ4n) is 3.49. The van der Waals surface area contributed by atoms with Gasteiger partial charge in [-0.1, -0.05) is 0 Å². The third-order valence-corrected chi connectivity index (χ3v) is 4.68. The molecule has 0 aromatic carbocycles. The molecule has 1 N–H and O–H groups in total. The minimum atomic E-state index is -1.30. The highest BCUT2D eigenvalue weighted by molar-refractivity contribution is 5.93. The molecule has 1 saturated heterocycles. The van der Waals surface area contributed by atoms with E-state index in [-0.39, 0.29) is 18.1 Å². The number of nitrogens with zero attached hydrogens (tertiary/aromatic N) is 1. The van der Waals surface area contributed by atoms with Crippen molar-refractivity contribution in [2.75, 3.05) is 13.2 Å². The number of pyridine rings is 1. The molecule has 12 nitrogen and oxygen atoms in total. The molecule has 2 rings (SSSR count). The van der Waals surface area contributed by atoms with Crippen molar-refractivity contribution < 1.29 is 52.2 Å². The van der Waals surface area contributed by atoms with E-state index in [1.807, 2.05) is 0 Å². The molecular formula is C22H29N2O10+. The summed E-state index contributed by atoms with van der Waals surface area (Å²) in [6.45, 7) is 6.47. The van der Waals surface area contributed by atoms with Crippen molar-refractivity contribution in [3.8, 4) is 0 Å². The molecule has 1 amide bonds. The highest BCUT2D eigenvalue weighted by atomic mass is 16.7. The van der Waals surface area contributed by atoms with Gasteiger partial charge in [0.2, 0.25) is 6.10 Å². The molecule has 1 aliphatic heterocycles. The number of amides is 1. The van der Waals surface area contributed by atoms with Gasteiger partial charge in [0.05, 0.1) is 0 Å². The van der Waals surface area contributed by atoms with Crippen molar-refractivity contribution >= 4 is 29.8 Å². The zero-order chi connectivity index (χ0) is 25.4. The molecule has 1 aliphatic rings. The predicted molar refractivity (Wildman–Crippen MR) is 112 cm³/mol. The number of ether oxygens (including phenoxy) is 5. The van der Waals surface area contributed by atoms with Crippen LogP contribution in [-0.2, 0) is 42.9 Å². The van der Waals surface area contributed by atoms with Crippen molar-refractivity contribution in [2.45, 2.75) is 65.3 Å². The van der Waals surface area contributed by atoms with Gasteiger partial charge in [-0.3, -0.25) is 24.0 Å². The summed E-state index contributed by atoms with van der Waals surface area (Å²) in [6, 6.07) is 3.16. The topological polar surface area (TPSA) is 147 Å². The summed E-state index contributed by atoms with van der Waals surface area (Å²) < 4.78 is 28.8. The maximum atomic E-state index is 12.3. The molecule has 1 aromatic rings. The van der Waals surface area contributed by atoms with E-state index in [1.54, 1.807) is 25.3 Å². The lowest BCUT2D eigenvalue weighted by molar-refractivity contribution is -0.777. The summed E-state index contributed by atoms with van der Waals surface area (Å²) in [5, 5.41) is 2.68. The van der Waals surface area contributed by atoms with E-state index in [2.05, 4.69) is 5.32 Å². The minimum Gasteiger partial charge on any atom is -0.463 e. The fourth-order valence-corrected chi connectivity index (χ4v) is 3.49. The molecule has 34 heavy (non-hydrogen) atoms. The van der Waals surface area contributed by atoms with Gasteiger partial charge in [0.25, 0.3) is 5.91 Å². The molecular weight excluding hydrogens is 452 g/mol. The van der Waals surface area contributed by atoms with E-state index in [9.17, 15) is 24.0 Å². The molecule has 1 fully saturated rings. The highest BCUT2D eigenvalue weighted by Crippen LogP contribution is 2.32. The van der Waals surface area contributed by atoms with Crippen LogP contribution >= 0.6 is 0 Å². The second kappa shape index (κ2) is 12.1. The number of hydrogen-bond donors (Lipinski definition) is 1. The van der Waals surface area contributed by atoms with Crippen molar-refractivity contribution in [3.63, 3.8) is 0 Å². The summed E-state index contributed by atoms with van der Waals surface area (Å²) in [6.07, 6.45) is -3.02. The summed E-state index contributed by atoms with van der Waals surface area (Å²) in [5.74, 6) is -3.12. The highest BCUT2D eigenvalue weighted by Gasteiger charge is 2.56. The van der Waals surface area contributed by atoms with Crippen LogP contribution < -0.4 is 9.88 Å². The Morgan fingerprint density at radius 1 is 0.912 bits per heavy atom. The van der Waals surface area contributed by atoms with Crippen molar-refractivity contribution in [3.05, 3.63) is 30.1 Å². The molecule has 186 valence electrons. The van der Waals surface area contributed by atoms with Crippen LogP contribution in [0.25, 0.3) is 0 Å². The quantitative estimate of drug-likeness (QED) is 0.305. The Bertz CT molecular complexity index is 934. The Kier molecular flexibility index (Phi) is 9.48. The Morgan fingerprint density at radius 3 is 2.06 bits per heavy atom. The molecule has 0 bridgehead atoms. The van der Waals surface area contributed by atoms with Crippen molar-refractivity contribution in [1.82, 2.24) is 5.32 Å². The zero-order valence-corrected chi connectivity index (χ0v) is 19.6. The molecule has 0 radical (unpaired) electrons. The number of carbonyl (C=O) groups excluding carboxylic acids is 5. The third kappa shape index (κ3) is 7.24. The largest absolute Gasteiger partial charge is 0.463 e. The monoisotopic (exact) mass is 481 g/mol. The van der Waals surface area contributed by atoms with E-state index >= 15 is 0 Å². The average molecular weight is 481 g/mol. The Morgan fingerprint density at radius 2 is 1.50 bits per heavy atom. The van der Waals surface area contributed by atoms with Crippen molar-refractivity contribution in [2.24, 2.45) is 0 Å². The van der Waals surface area contributed by atoms with Gasteiger partial charge in [-0.2, -0.15) is 4.57 Å². The lowest BCUT2D eigenvalue weighted by Gasteiger charge is -2.41. The third-order valence-electron chi connectivity index (χ3n) is 4.68. The number of hydrogen-bond acceptors (Lipinski definition) is 10. The van der Waals surface area contributed by atoms with Gasteiger partial charge < -0.3 is 29.0 Å². The second-order valence-corrected chi connectivity index (χ2v) is 7.49. The van der Waals surface area contributed by atoms with Crippen LogP contribution in [0.1, 0.15) is 51.2 Å². The average Bonchev–Trinajstić information content (AvgIpc) is 2.74. The molecule has 1 aromatic heterocycles. The SMILES string of the molecule is CCNC(=O)c1ccc[n+]([C@@H]2O[C@H](COC(C)=O)[C@@H](OC(C)=O)[C@H](OC(C)=O)[C@H]2OC(C)=O)c1. The standard InChI is InChI=1S/C22H28N2O10/c1-6-23-21(29)16-8-7-9-24(10-16)22-20(33-15(5)28)19(32-14(4)27)18(31-13(3)26)17(34-22)11-30-12(2)25/h7-10,17-20,22H,6,11H2,1-5H3/p+1/t17-,18-,19+,20-,22-/m1/s1. The van der Waals surface area contributed by atoms with Crippen LogP contribution in [-0.4, -0.2) is 67.4 Å². The van der Waals surface area contributed by atoms with Crippen molar-refractivity contribution in [1.29, 1.82) is 0 Å². The van der Waals surface area contributed by atoms with Gasteiger partial charge >= 0.3 is 30.1 Å². The first-order valence-electron chi connectivity index (χ1n) is 10.6. The van der Waals surface area contributed by atoms with E-state index in [0.29, 0.717) is 6.54 Å². The number of carbonyl (C=O) groups is 5. The Labute approximate surface area is 196 Å². The first-order chi connectivity index (χ1) is 16.0. The predicted octanol–water partition coefficient (Wildman–Crippen LogP) is -0.0206. The summed E-state index contributed by atoms with van der Waals surface area (Å²) >= 11 is 0. The lowest BCUT2D eigenvalue weighted by atomic mass is 9.97. The number of esters is 4. The molecule has 2 heterocycles. The van der Waals surface area contributed by atoms with Gasteiger partial charge in [0.1, 0.15) is 18.3 Å². The second-order valence-electron chi connectivity index (χ2n) is 7.49. The van der Waals surface area contributed by atoms with Crippen LogP contribution in [0.15, 0.2) is 24.5 Å². The molecule has 5 atom stereocenters. The zero-order valence-electron chi connectivity index (χ0n) is 19.6. The summed E-state index contributed by atoms with van der Waals surface area (Å²) in [4.78, 5) is 59.4. The maximum Gasteiger partial charge on any atom is 0.304 e.